The highest BCUT2D eigenvalue weighted by Crippen LogP contribution is 2.68. The van der Waals surface area contributed by atoms with Crippen molar-refractivity contribution in [2.45, 2.75) is 38.0 Å². The van der Waals surface area contributed by atoms with Crippen LogP contribution < -0.4 is 0 Å². The Bertz CT molecular complexity index is 311. The lowest BCUT2D eigenvalue weighted by Gasteiger charge is -2.47. The lowest BCUT2D eigenvalue weighted by Crippen LogP contribution is -2.39. The first-order valence-electron chi connectivity index (χ1n) is 5.28. The van der Waals surface area contributed by atoms with Crippen LogP contribution in [0.25, 0.3) is 0 Å². The van der Waals surface area contributed by atoms with Crippen LogP contribution in [-0.4, -0.2) is 0 Å². The van der Waals surface area contributed by atoms with Crippen molar-refractivity contribution in [3.63, 3.8) is 0 Å². The van der Waals surface area contributed by atoms with E-state index in [2.05, 4.69) is 37.3 Å². The molecule has 0 N–H and O–H groups in total. The van der Waals surface area contributed by atoms with Crippen molar-refractivity contribution in [1.82, 2.24) is 0 Å². The topological polar surface area (TPSA) is 0 Å². The summed E-state index contributed by atoms with van der Waals surface area (Å²) in [6, 6.07) is 11.0. The second kappa shape index (κ2) is 2.17. The molecule has 2 fully saturated rings. The largest absolute Gasteiger partial charge is 0.0622 e. The van der Waals surface area contributed by atoms with Gasteiger partial charge < -0.3 is 0 Å². The van der Waals surface area contributed by atoms with E-state index < -0.39 is 0 Å². The second-order valence-electron chi connectivity index (χ2n) is 5.28. The van der Waals surface area contributed by atoms with E-state index in [1.54, 1.807) is 5.56 Å². The molecule has 0 aliphatic heterocycles. The summed E-state index contributed by atoms with van der Waals surface area (Å²) in [5, 5.41) is 0. The first-order valence-corrected chi connectivity index (χ1v) is 5.28. The second-order valence-corrected chi connectivity index (χ2v) is 5.28. The van der Waals surface area contributed by atoms with Gasteiger partial charge in [0.15, 0.2) is 0 Å². The van der Waals surface area contributed by atoms with Crippen molar-refractivity contribution in [3.05, 3.63) is 35.9 Å². The fraction of sp³-hybridized carbons (Fsp3) is 0.538. The van der Waals surface area contributed by atoms with Crippen LogP contribution >= 0.6 is 0 Å². The van der Waals surface area contributed by atoms with Crippen molar-refractivity contribution in [2.75, 3.05) is 0 Å². The summed E-state index contributed by atoms with van der Waals surface area (Å²) in [4.78, 5) is 0. The molecular weight excluding hydrogens is 156 g/mol. The zero-order chi connectivity index (χ0) is 8.94. The van der Waals surface area contributed by atoms with Gasteiger partial charge >= 0.3 is 0 Å². The molecule has 13 heavy (non-hydrogen) atoms. The third-order valence-corrected chi connectivity index (χ3v) is 3.96. The van der Waals surface area contributed by atoms with E-state index in [0.29, 0.717) is 5.41 Å². The Hall–Kier alpha value is -0.780. The van der Waals surface area contributed by atoms with E-state index in [4.69, 9.17) is 0 Å². The standard InChI is InChI=1S/C13H16/c1-12(9-13(10-12)7-8-13)11-5-3-2-4-6-11/h2-6H,7-10H2,1H3. The van der Waals surface area contributed by atoms with Crippen LogP contribution in [0.3, 0.4) is 0 Å². The molecule has 0 nitrogen and oxygen atoms in total. The van der Waals surface area contributed by atoms with Gasteiger partial charge in [-0.3, -0.25) is 0 Å². The summed E-state index contributed by atoms with van der Waals surface area (Å²) in [6.45, 7) is 2.42. The van der Waals surface area contributed by atoms with Gasteiger partial charge in [0.2, 0.25) is 0 Å². The first kappa shape index (κ1) is 7.61. The SMILES string of the molecule is CC1(c2ccccc2)CC2(CC2)C1. The van der Waals surface area contributed by atoms with Gasteiger partial charge in [-0.1, -0.05) is 37.3 Å². The normalized spacial score (nSPS) is 26.8. The highest BCUT2D eigenvalue weighted by atomic mass is 14.6. The Morgan fingerprint density at radius 2 is 1.62 bits per heavy atom. The first-order chi connectivity index (χ1) is 6.23. The highest BCUT2D eigenvalue weighted by Gasteiger charge is 2.58. The van der Waals surface area contributed by atoms with E-state index in [9.17, 15) is 0 Å². The molecule has 1 aromatic rings. The summed E-state index contributed by atoms with van der Waals surface area (Å²) in [5.74, 6) is 0. The zero-order valence-electron chi connectivity index (χ0n) is 8.22. The van der Waals surface area contributed by atoms with Crippen LogP contribution in [0.2, 0.25) is 0 Å². The minimum absolute atomic E-state index is 0.512. The molecule has 0 unspecified atom stereocenters. The van der Waals surface area contributed by atoms with Gasteiger partial charge in [0.25, 0.3) is 0 Å². The van der Waals surface area contributed by atoms with Crippen molar-refractivity contribution in [3.8, 4) is 0 Å². The average molecular weight is 172 g/mol. The number of benzene rings is 1. The molecule has 2 saturated carbocycles. The molecular formula is C13H16. The van der Waals surface area contributed by atoms with Crippen molar-refractivity contribution >= 4 is 0 Å². The summed E-state index contributed by atoms with van der Waals surface area (Å²) in [5.41, 5.74) is 2.87. The van der Waals surface area contributed by atoms with Gasteiger partial charge in [0, 0.05) is 0 Å². The molecule has 0 bridgehead atoms. The predicted octanol–water partition coefficient (Wildman–Crippen LogP) is 3.52. The van der Waals surface area contributed by atoms with E-state index in [0.717, 1.165) is 5.41 Å². The maximum absolute atomic E-state index is 2.42. The average Bonchev–Trinajstić information content (AvgIpc) is 2.85. The predicted molar refractivity (Wildman–Crippen MR) is 54.7 cm³/mol. The quantitative estimate of drug-likeness (QED) is 0.608. The van der Waals surface area contributed by atoms with Crippen molar-refractivity contribution in [2.24, 2.45) is 5.41 Å². The van der Waals surface area contributed by atoms with Crippen molar-refractivity contribution < 1.29 is 0 Å². The summed E-state index contributed by atoms with van der Waals surface area (Å²) >= 11 is 0. The lowest BCUT2D eigenvalue weighted by atomic mass is 9.58. The molecule has 0 heteroatoms. The summed E-state index contributed by atoms with van der Waals surface area (Å²) in [6.07, 6.45) is 5.86. The molecule has 2 aliphatic carbocycles. The van der Waals surface area contributed by atoms with Gasteiger partial charge in [0.1, 0.15) is 0 Å². The Balaban J connectivity index is 1.86. The molecule has 1 spiro atoms. The number of rotatable bonds is 1. The van der Waals surface area contributed by atoms with Gasteiger partial charge in [-0.2, -0.15) is 0 Å². The van der Waals surface area contributed by atoms with Gasteiger partial charge in [-0.05, 0) is 42.1 Å². The maximum Gasteiger partial charge on any atom is -0.00647 e. The third kappa shape index (κ3) is 1.04. The Morgan fingerprint density at radius 1 is 1.00 bits per heavy atom. The molecule has 0 atom stereocenters. The van der Waals surface area contributed by atoms with Crippen LogP contribution in [0, 0.1) is 5.41 Å². The molecule has 0 aromatic heterocycles. The number of hydrogen-bond acceptors (Lipinski definition) is 0. The smallest absolute Gasteiger partial charge is 0.00647 e. The zero-order valence-corrected chi connectivity index (χ0v) is 8.22. The Labute approximate surface area is 80.0 Å². The lowest BCUT2D eigenvalue weighted by molar-refractivity contribution is 0.137. The highest BCUT2D eigenvalue weighted by molar-refractivity contribution is 5.31. The van der Waals surface area contributed by atoms with Gasteiger partial charge in [-0.15, -0.1) is 0 Å². The van der Waals surface area contributed by atoms with E-state index in [1.165, 1.54) is 25.7 Å². The molecule has 1 aromatic carbocycles. The molecule has 0 radical (unpaired) electrons. The molecule has 0 saturated heterocycles. The third-order valence-electron chi connectivity index (χ3n) is 3.96. The van der Waals surface area contributed by atoms with Crippen LogP contribution in [-0.2, 0) is 5.41 Å². The Kier molecular flexibility index (Phi) is 1.27. The monoisotopic (exact) mass is 172 g/mol. The van der Waals surface area contributed by atoms with E-state index in [-0.39, 0.29) is 0 Å². The molecule has 68 valence electrons. The molecule has 3 rings (SSSR count). The molecule has 0 heterocycles. The minimum Gasteiger partial charge on any atom is -0.0622 e. The van der Waals surface area contributed by atoms with Gasteiger partial charge in [0.05, 0.1) is 0 Å². The number of hydrogen-bond donors (Lipinski definition) is 0. The summed E-state index contributed by atoms with van der Waals surface area (Å²) < 4.78 is 0. The van der Waals surface area contributed by atoms with Crippen molar-refractivity contribution in [1.29, 1.82) is 0 Å². The molecule has 0 amide bonds. The maximum atomic E-state index is 2.42. The van der Waals surface area contributed by atoms with E-state index in [1.807, 2.05) is 0 Å². The van der Waals surface area contributed by atoms with Crippen LogP contribution in [0.5, 0.6) is 0 Å². The van der Waals surface area contributed by atoms with Crippen LogP contribution in [0.4, 0.5) is 0 Å². The van der Waals surface area contributed by atoms with E-state index >= 15 is 0 Å². The fourth-order valence-corrected chi connectivity index (χ4v) is 3.18. The summed E-state index contributed by atoms with van der Waals surface area (Å²) in [7, 11) is 0. The minimum atomic E-state index is 0.512. The Morgan fingerprint density at radius 3 is 2.15 bits per heavy atom. The fourth-order valence-electron chi connectivity index (χ4n) is 3.18. The van der Waals surface area contributed by atoms with Crippen LogP contribution in [0.15, 0.2) is 30.3 Å². The molecule has 2 aliphatic rings. The van der Waals surface area contributed by atoms with Crippen LogP contribution in [0.1, 0.15) is 38.2 Å². The van der Waals surface area contributed by atoms with Gasteiger partial charge in [-0.25, -0.2) is 0 Å².